The van der Waals surface area contributed by atoms with Crippen molar-refractivity contribution >= 4 is 5.69 Å². The van der Waals surface area contributed by atoms with Gasteiger partial charge in [0.1, 0.15) is 0 Å². The van der Waals surface area contributed by atoms with Gasteiger partial charge in [-0.1, -0.05) is 18.2 Å². The monoisotopic (exact) mass is 220 g/mol. The van der Waals surface area contributed by atoms with Crippen LogP contribution in [0.5, 0.6) is 0 Å². The summed E-state index contributed by atoms with van der Waals surface area (Å²) < 4.78 is 0. The van der Waals surface area contributed by atoms with Gasteiger partial charge in [-0.15, -0.1) is 0 Å². The molecule has 0 radical (unpaired) electrons. The van der Waals surface area contributed by atoms with Crippen LogP contribution in [-0.2, 0) is 0 Å². The zero-order valence-corrected chi connectivity index (χ0v) is 9.76. The quantitative estimate of drug-likeness (QED) is 0.807. The van der Waals surface area contributed by atoms with Gasteiger partial charge in [0.25, 0.3) is 0 Å². The van der Waals surface area contributed by atoms with Crippen molar-refractivity contribution in [2.24, 2.45) is 5.73 Å². The van der Waals surface area contributed by atoms with Crippen LogP contribution in [0.4, 0.5) is 5.69 Å². The molecular weight excluding hydrogens is 200 g/mol. The third-order valence-corrected chi connectivity index (χ3v) is 3.50. The van der Waals surface area contributed by atoms with Crippen LogP contribution < -0.4 is 10.6 Å². The minimum Gasteiger partial charge on any atom is -0.396 e. The average Bonchev–Trinajstić information content (AvgIpc) is 2.36. The molecule has 16 heavy (non-hydrogen) atoms. The van der Waals surface area contributed by atoms with Crippen LogP contribution in [0.2, 0.25) is 0 Å². The minimum atomic E-state index is 0.238. The van der Waals surface area contributed by atoms with Crippen LogP contribution in [0.25, 0.3) is 0 Å². The maximum absolute atomic E-state index is 9.38. The second-order valence-corrected chi connectivity index (χ2v) is 4.51. The van der Waals surface area contributed by atoms with Gasteiger partial charge < -0.3 is 15.7 Å². The smallest absolute Gasteiger partial charge is 0.0501 e. The maximum atomic E-state index is 9.38. The van der Waals surface area contributed by atoms with E-state index in [9.17, 15) is 5.11 Å². The summed E-state index contributed by atoms with van der Waals surface area (Å²) in [5.74, 6) is 0.289. The zero-order valence-electron chi connectivity index (χ0n) is 9.76. The lowest BCUT2D eigenvalue weighted by Crippen LogP contribution is -2.42. The van der Waals surface area contributed by atoms with Gasteiger partial charge in [0.2, 0.25) is 0 Å². The van der Waals surface area contributed by atoms with Crippen LogP contribution in [0, 0.1) is 0 Å². The lowest BCUT2D eigenvalue weighted by Gasteiger charge is -2.38. The molecule has 0 spiro atoms. The second-order valence-electron chi connectivity index (χ2n) is 4.51. The molecule has 3 N–H and O–H groups in total. The first-order chi connectivity index (χ1) is 7.77. The number of nitrogens with two attached hydrogens (primary N) is 1. The van der Waals surface area contributed by atoms with Gasteiger partial charge in [-0.3, -0.25) is 0 Å². The Morgan fingerprint density at radius 3 is 2.94 bits per heavy atom. The fourth-order valence-corrected chi connectivity index (χ4v) is 2.44. The Kier molecular flexibility index (Phi) is 3.46. The molecule has 88 valence electrons. The highest BCUT2D eigenvalue weighted by Gasteiger charge is 2.26. The number of aliphatic hydroxyl groups is 1. The van der Waals surface area contributed by atoms with Crippen LogP contribution in [-0.4, -0.2) is 30.8 Å². The van der Waals surface area contributed by atoms with Gasteiger partial charge in [-0.05, 0) is 25.0 Å². The number of anilines is 1. The number of para-hydroxylation sites is 1. The van der Waals surface area contributed by atoms with Crippen molar-refractivity contribution in [2.45, 2.75) is 25.3 Å². The van der Waals surface area contributed by atoms with Crippen LogP contribution in [0.1, 0.15) is 24.8 Å². The number of hydrogen-bond donors (Lipinski definition) is 2. The van der Waals surface area contributed by atoms with E-state index in [1.54, 1.807) is 0 Å². The topological polar surface area (TPSA) is 49.5 Å². The molecule has 1 aromatic rings. The summed E-state index contributed by atoms with van der Waals surface area (Å²) in [4.78, 5) is 2.35. The zero-order chi connectivity index (χ0) is 11.5. The molecule has 0 fully saturated rings. The summed E-state index contributed by atoms with van der Waals surface area (Å²) in [6.07, 6.45) is 1.01. The van der Waals surface area contributed by atoms with Gasteiger partial charge in [0.05, 0.1) is 6.61 Å². The van der Waals surface area contributed by atoms with Crippen molar-refractivity contribution in [1.82, 2.24) is 0 Å². The summed E-state index contributed by atoms with van der Waals surface area (Å²) in [6.45, 7) is 4.04. The Hall–Kier alpha value is -1.06. The fourth-order valence-electron chi connectivity index (χ4n) is 2.44. The van der Waals surface area contributed by atoms with Gasteiger partial charge in [-0.25, -0.2) is 0 Å². The van der Waals surface area contributed by atoms with E-state index in [4.69, 9.17) is 5.73 Å². The van der Waals surface area contributed by atoms with E-state index in [0.717, 1.165) is 13.0 Å². The molecule has 0 amide bonds. The molecule has 2 atom stereocenters. The first kappa shape index (κ1) is 11.4. The van der Waals surface area contributed by atoms with Gasteiger partial charge in [-0.2, -0.15) is 0 Å². The standard InChI is InChI=1S/C13H20N2O/c1-10(8-14)15-7-6-11(9-16)12-4-2-3-5-13(12)15/h2-5,10-11,16H,6-9,14H2,1H3/t10-,11+/m0/s1. The predicted molar refractivity (Wildman–Crippen MR) is 66.7 cm³/mol. The second kappa shape index (κ2) is 4.85. The number of benzene rings is 1. The minimum absolute atomic E-state index is 0.238. The van der Waals surface area contributed by atoms with E-state index in [1.165, 1.54) is 11.3 Å². The lowest BCUT2D eigenvalue weighted by molar-refractivity contribution is 0.256. The van der Waals surface area contributed by atoms with E-state index in [-0.39, 0.29) is 12.5 Å². The summed E-state index contributed by atoms with van der Waals surface area (Å²) in [6, 6.07) is 8.70. The van der Waals surface area contributed by atoms with Crippen LogP contribution >= 0.6 is 0 Å². The Morgan fingerprint density at radius 1 is 1.50 bits per heavy atom. The molecule has 0 aliphatic carbocycles. The molecule has 1 aliphatic heterocycles. The molecule has 0 unspecified atom stereocenters. The number of nitrogens with zero attached hydrogens (tertiary/aromatic N) is 1. The first-order valence-electron chi connectivity index (χ1n) is 5.94. The normalized spacial score (nSPS) is 21.7. The van der Waals surface area contributed by atoms with Crippen molar-refractivity contribution in [3.05, 3.63) is 29.8 Å². The highest BCUT2D eigenvalue weighted by Crippen LogP contribution is 2.35. The van der Waals surface area contributed by atoms with Crippen molar-refractivity contribution in [3.8, 4) is 0 Å². The van der Waals surface area contributed by atoms with Gasteiger partial charge in [0, 0.05) is 30.7 Å². The largest absolute Gasteiger partial charge is 0.396 e. The molecule has 1 aliphatic rings. The Labute approximate surface area is 96.9 Å². The number of fused-ring (bicyclic) bond motifs is 1. The molecule has 0 bridgehead atoms. The van der Waals surface area contributed by atoms with E-state index in [2.05, 4.69) is 30.0 Å². The highest BCUT2D eigenvalue weighted by atomic mass is 16.3. The maximum Gasteiger partial charge on any atom is 0.0501 e. The molecule has 0 saturated carbocycles. The van der Waals surface area contributed by atoms with Crippen molar-refractivity contribution in [3.63, 3.8) is 0 Å². The van der Waals surface area contributed by atoms with Crippen LogP contribution in [0.15, 0.2) is 24.3 Å². The summed E-state index contributed by atoms with van der Waals surface area (Å²) >= 11 is 0. The van der Waals surface area contributed by atoms with Gasteiger partial charge >= 0.3 is 0 Å². The highest BCUT2D eigenvalue weighted by molar-refractivity contribution is 5.57. The molecule has 3 heteroatoms. The van der Waals surface area contributed by atoms with E-state index >= 15 is 0 Å². The average molecular weight is 220 g/mol. The Balaban J connectivity index is 2.35. The van der Waals surface area contributed by atoms with Crippen molar-refractivity contribution in [2.75, 3.05) is 24.6 Å². The Morgan fingerprint density at radius 2 is 2.25 bits per heavy atom. The molecule has 3 nitrogen and oxygen atoms in total. The number of hydrogen-bond acceptors (Lipinski definition) is 3. The molecule has 1 heterocycles. The lowest BCUT2D eigenvalue weighted by atomic mass is 9.90. The molecule has 0 saturated heterocycles. The third kappa shape index (κ3) is 1.93. The van der Waals surface area contributed by atoms with Crippen molar-refractivity contribution < 1.29 is 5.11 Å². The third-order valence-electron chi connectivity index (χ3n) is 3.50. The summed E-state index contributed by atoms with van der Waals surface area (Å²) in [5, 5.41) is 9.38. The fraction of sp³-hybridized carbons (Fsp3) is 0.538. The van der Waals surface area contributed by atoms with E-state index < -0.39 is 0 Å². The van der Waals surface area contributed by atoms with Crippen LogP contribution in [0.3, 0.4) is 0 Å². The van der Waals surface area contributed by atoms with E-state index in [1.807, 2.05) is 6.07 Å². The molecular formula is C13H20N2O. The van der Waals surface area contributed by atoms with Crippen molar-refractivity contribution in [1.29, 1.82) is 0 Å². The number of rotatable bonds is 3. The SMILES string of the molecule is C[C@@H](CN)N1CC[C@H](CO)c2ccccc21. The summed E-state index contributed by atoms with van der Waals surface area (Å²) in [5.41, 5.74) is 8.24. The predicted octanol–water partition coefficient (Wildman–Crippen LogP) is 1.32. The summed E-state index contributed by atoms with van der Waals surface area (Å²) in [7, 11) is 0. The molecule has 0 aromatic heterocycles. The first-order valence-corrected chi connectivity index (χ1v) is 5.94. The molecule has 1 aromatic carbocycles. The number of aliphatic hydroxyl groups excluding tert-OH is 1. The Bertz CT molecular complexity index is 354. The molecule has 2 rings (SSSR count). The van der Waals surface area contributed by atoms with E-state index in [0.29, 0.717) is 12.6 Å². The van der Waals surface area contributed by atoms with Gasteiger partial charge in [0.15, 0.2) is 0 Å².